The molecule has 2 aromatic heterocycles. The highest BCUT2D eigenvalue weighted by molar-refractivity contribution is 6.04. The molecule has 14 heteroatoms. The maximum Gasteiger partial charge on any atom is 0.273 e. The van der Waals surface area contributed by atoms with Gasteiger partial charge in [0.2, 0.25) is 5.88 Å². The van der Waals surface area contributed by atoms with Crippen LogP contribution in [0.3, 0.4) is 0 Å². The topological polar surface area (TPSA) is 151 Å². The fourth-order valence-electron chi connectivity index (χ4n) is 5.81. The number of amides is 1. The molecule has 1 amide bonds. The lowest BCUT2D eigenvalue weighted by atomic mass is 9.95. The van der Waals surface area contributed by atoms with Crippen molar-refractivity contribution < 1.29 is 32.9 Å². The number of alkyl halides is 2. The van der Waals surface area contributed by atoms with Gasteiger partial charge >= 0.3 is 0 Å². The summed E-state index contributed by atoms with van der Waals surface area (Å²) >= 11 is 0. The van der Waals surface area contributed by atoms with Crippen molar-refractivity contribution in [3.05, 3.63) is 75.2 Å². The highest BCUT2D eigenvalue weighted by atomic mass is 19.3. The average molecular weight is 665 g/mol. The van der Waals surface area contributed by atoms with E-state index < -0.39 is 36.7 Å². The van der Waals surface area contributed by atoms with Gasteiger partial charge in [-0.15, -0.1) is 0 Å². The highest BCUT2D eigenvalue weighted by Gasteiger charge is 2.47. The average Bonchev–Trinajstić information content (AvgIpc) is 3.89. The Morgan fingerprint density at radius 3 is 2.67 bits per heavy atom. The molecule has 3 N–H and O–H groups in total. The highest BCUT2D eigenvalue weighted by Crippen LogP contribution is 2.39. The first kappa shape index (κ1) is 33.6. The van der Waals surface area contributed by atoms with Crippen molar-refractivity contribution in [1.82, 2.24) is 19.8 Å². The van der Waals surface area contributed by atoms with Crippen molar-refractivity contribution in [2.24, 2.45) is 0 Å². The number of ether oxygens (including phenoxy) is 3. The van der Waals surface area contributed by atoms with Gasteiger partial charge in [0.15, 0.2) is 0 Å². The second kappa shape index (κ2) is 14.1. The van der Waals surface area contributed by atoms with Gasteiger partial charge in [0.1, 0.15) is 17.6 Å². The Morgan fingerprint density at radius 2 is 2.00 bits per heavy atom. The Labute approximate surface area is 276 Å². The Bertz CT molecular complexity index is 1760. The molecule has 4 heterocycles. The molecular weight excluding hydrogens is 626 g/mol. The lowest BCUT2D eigenvalue weighted by Crippen LogP contribution is -2.57. The molecule has 3 fully saturated rings. The first-order valence-corrected chi connectivity index (χ1v) is 16.0. The van der Waals surface area contributed by atoms with Crippen LogP contribution in [-0.4, -0.2) is 83.1 Å². The normalized spacial score (nSPS) is 19.7. The lowest BCUT2D eigenvalue weighted by molar-refractivity contribution is -0.185. The van der Waals surface area contributed by atoms with E-state index in [4.69, 9.17) is 14.2 Å². The van der Waals surface area contributed by atoms with Crippen molar-refractivity contribution in [2.45, 2.75) is 63.6 Å². The minimum absolute atomic E-state index is 0.0270. The molecule has 0 spiro atoms. The van der Waals surface area contributed by atoms with Crippen LogP contribution >= 0.6 is 0 Å². The van der Waals surface area contributed by atoms with Gasteiger partial charge in [-0.1, -0.05) is 6.07 Å². The molecule has 2 saturated heterocycles. The molecular formula is C34H38F2N6O6. The molecule has 1 unspecified atom stereocenters. The zero-order valence-corrected chi connectivity index (χ0v) is 26.7. The molecule has 3 aromatic rings. The monoisotopic (exact) mass is 664 g/mol. The summed E-state index contributed by atoms with van der Waals surface area (Å²) in [6.45, 7) is 4.91. The fourth-order valence-corrected chi connectivity index (χ4v) is 5.81. The predicted octanol–water partition coefficient (Wildman–Crippen LogP) is 3.60. The molecule has 1 aliphatic carbocycles. The summed E-state index contributed by atoms with van der Waals surface area (Å²) in [6, 6.07) is 11.4. The number of halogens is 2. The number of nitrogens with one attached hydrogen (secondary N) is 2. The van der Waals surface area contributed by atoms with Crippen LogP contribution in [0.2, 0.25) is 0 Å². The van der Waals surface area contributed by atoms with Gasteiger partial charge in [0.05, 0.1) is 56.8 Å². The summed E-state index contributed by atoms with van der Waals surface area (Å²) in [7, 11) is 0. The number of pyridine rings is 2. The zero-order valence-electron chi connectivity index (χ0n) is 26.7. The van der Waals surface area contributed by atoms with E-state index in [1.807, 2.05) is 6.07 Å². The largest absolute Gasteiger partial charge is 0.475 e. The molecule has 3 aliphatic rings. The van der Waals surface area contributed by atoms with E-state index in [0.717, 1.165) is 18.4 Å². The number of aliphatic hydroxyl groups excluding tert-OH is 1. The molecule has 48 heavy (non-hydrogen) atoms. The van der Waals surface area contributed by atoms with Crippen molar-refractivity contribution in [3.63, 3.8) is 0 Å². The number of aliphatic hydroxyl groups is 1. The maximum absolute atomic E-state index is 13.7. The number of benzene rings is 1. The Morgan fingerprint density at radius 1 is 1.21 bits per heavy atom. The van der Waals surface area contributed by atoms with Gasteiger partial charge in [-0.05, 0) is 67.6 Å². The van der Waals surface area contributed by atoms with Crippen LogP contribution < -0.4 is 20.9 Å². The number of hydrogen-bond acceptors (Lipinski definition) is 10. The predicted molar refractivity (Wildman–Crippen MR) is 171 cm³/mol. The van der Waals surface area contributed by atoms with Crippen molar-refractivity contribution in [2.75, 3.05) is 44.8 Å². The van der Waals surface area contributed by atoms with E-state index in [-0.39, 0.29) is 46.6 Å². The molecule has 12 nitrogen and oxygen atoms in total. The molecule has 1 saturated carbocycles. The Kier molecular flexibility index (Phi) is 9.86. The summed E-state index contributed by atoms with van der Waals surface area (Å²) in [6.07, 6.45) is 1.69. The quantitative estimate of drug-likeness (QED) is 0.262. The fraction of sp³-hybridized carbons (Fsp3) is 0.471. The molecule has 0 radical (unpaired) electrons. The summed E-state index contributed by atoms with van der Waals surface area (Å²) in [5, 5.41) is 26.7. The summed E-state index contributed by atoms with van der Waals surface area (Å²) in [5.74, 6) is -3.35. The number of aromatic nitrogens is 2. The Balaban J connectivity index is 1.29. The third-order valence-electron chi connectivity index (χ3n) is 8.25. The molecule has 2 aliphatic heterocycles. The lowest BCUT2D eigenvalue weighted by Gasteiger charge is -2.42. The van der Waals surface area contributed by atoms with Crippen molar-refractivity contribution >= 4 is 11.7 Å². The minimum Gasteiger partial charge on any atom is -0.475 e. The van der Waals surface area contributed by atoms with E-state index in [0.29, 0.717) is 44.0 Å². The van der Waals surface area contributed by atoms with Crippen LogP contribution in [0.15, 0.2) is 47.4 Å². The molecule has 254 valence electrons. The molecule has 1 aromatic carbocycles. The maximum atomic E-state index is 13.7. The number of anilines is 1. The zero-order chi connectivity index (χ0) is 34.0. The van der Waals surface area contributed by atoms with E-state index in [2.05, 4.69) is 15.6 Å². The number of rotatable bonds is 12. The van der Waals surface area contributed by atoms with Gasteiger partial charge in [0.25, 0.3) is 17.4 Å². The standard InChI is InChI=1S/C34H38F2N6O6/c1-20(2)48-30-12-23(26-6-3-21(13-37)9-27(26)32(44)41-18-34(35,36)19-41)11-29(39-30)40-31(43)28-10-22(16-42(33(28)45)24-4-5-24)14-38-15-25-17-46-7-8-47-25/h3,6,9-12,16,20,24-25,32,38,44H,4-5,7-8,14-15,17-19H2,1-2H3,(H,39,40,43)/t25-,32?/m1/s1. The third-order valence-corrected chi connectivity index (χ3v) is 8.25. The van der Waals surface area contributed by atoms with Crippen LogP contribution in [0.1, 0.15) is 66.0 Å². The number of nitrogens with zero attached hydrogens (tertiary/aromatic N) is 4. The van der Waals surface area contributed by atoms with Gasteiger partial charge in [-0.25, -0.2) is 8.78 Å². The first-order valence-electron chi connectivity index (χ1n) is 16.0. The summed E-state index contributed by atoms with van der Waals surface area (Å²) in [4.78, 5) is 32.9. The van der Waals surface area contributed by atoms with E-state index in [1.54, 1.807) is 54.9 Å². The molecule has 2 atom stereocenters. The van der Waals surface area contributed by atoms with Gasteiger partial charge in [0, 0.05) is 37.0 Å². The molecule has 6 rings (SSSR count). The van der Waals surface area contributed by atoms with Crippen LogP contribution in [-0.2, 0) is 16.0 Å². The number of nitriles is 1. The number of hydrogen-bond donors (Lipinski definition) is 3. The second-order valence-electron chi connectivity index (χ2n) is 12.7. The van der Waals surface area contributed by atoms with E-state index in [9.17, 15) is 28.7 Å². The SMILES string of the molecule is CC(C)Oc1cc(-c2ccc(C#N)cc2C(O)N2CC(F)(F)C2)cc(NC(=O)c2cc(CNC[C@@H]3COCCO3)cn(C3CC3)c2=O)n1. The second-order valence-corrected chi connectivity index (χ2v) is 12.7. The van der Waals surface area contributed by atoms with Crippen LogP contribution in [0.4, 0.5) is 14.6 Å². The smallest absolute Gasteiger partial charge is 0.273 e. The van der Waals surface area contributed by atoms with Crippen LogP contribution in [0, 0.1) is 11.3 Å². The first-order chi connectivity index (χ1) is 23.0. The van der Waals surface area contributed by atoms with Crippen molar-refractivity contribution in [3.8, 4) is 23.1 Å². The van der Waals surface area contributed by atoms with E-state index in [1.165, 1.54) is 11.0 Å². The Hall–Kier alpha value is -4.26. The minimum atomic E-state index is -2.91. The third kappa shape index (κ3) is 7.88. The van der Waals surface area contributed by atoms with Crippen LogP contribution in [0.5, 0.6) is 5.88 Å². The number of likely N-dealkylation sites (tertiary alicyclic amines) is 1. The summed E-state index contributed by atoms with van der Waals surface area (Å²) < 4.78 is 46.0. The number of carbonyl (C=O) groups excluding carboxylic acids is 1. The summed E-state index contributed by atoms with van der Waals surface area (Å²) in [5.41, 5.74) is 1.64. The molecule has 0 bridgehead atoms. The number of carbonyl (C=O) groups is 1. The van der Waals surface area contributed by atoms with Crippen molar-refractivity contribution in [1.29, 1.82) is 5.26 Å². The van der Waals surface area contributed by atoms with E-state index >= 15 is 0 Å². The van der Waals surface area contributed by atoms with Gasteiger partial charge < -0.3 is 34.5 Å². The van der Waals surface area contributed by atoms with Crippen LogP contribution in [0.25, 0.3) is 11.1 Å². The van der Waals surface area contributed by atoms with Gasteiger partial charge in [-0.3, -0.25) is 14.5 Å². The van der Waals surface area contributed by atoms with Gasteiger partial charge in [-0.2, -0.15) is 10.2 Å².